The number of benzene rings is 2. The molecule has 126 valence electrons. The first kappa shape index (κ1) is 16.9. The molecule has 6 heteroatoms. The van der Waals surface area contributed by atoms with Crippen molar-refractivity contribution >= 4 is 40.3 Å². The third-order valence-corrected chi connectivity index (χ3v) is 4.70. The normalized spacial score (nSPS) is 16.2. The molecule has 0 atom stereocenters. The lowest BCUT2D eigenvalue weighted by molar-refractivity contribution is -0.120. The lowest BCUT2D eigenvalue weighted by Crippen LogP contribution is -2.44. The summed E-state index contributed by atoms with van der Waals surface area (Å²) in [6.07, 6.45) is 0. The number of hydrogen-bond donors (Lipinski definition) is 1. The van der Waals surface area contributed by atoms with Crippen LogP contribution >= 0.6 is 12.2 Å². The van der Waals surface area contributed by atoms with Crippen molar-refractivity contribution in [3.63, 3.8) is 0 Å². The Kier molecular flexibility index (Phi) is 3.97. The maximum absolute atomic E-state index is 13.0. The SMILES string of the molecule is [C-]#[N+]c1ccc(N2C(=O)C(C)(C)N(c3ccc(O)cc3)C2=S)cc1C. The first-order chi connectivity index (χ1) is 11.8. The fraction of sp³-hybridized carbons (Fsp3) is 0.211. The van der Waals surface area contributed by atoms with Crippen molar-refractivity contribution in [1.29, 1.82) is 0 Å². The third-order valence-electron chi connectivity index (χ3n) is 4.33. The largest absolute Gasteiger partial charge is 0.508 e. The number of aryl methyl sites for hydroxylation is 1. The Balaban J connectivity index is 2.07. The zero-order valence-electron chi connectivity index (χ0n) is 14.1. The van der Waals surface area contributed by atoms with Gasteiger partial charge in [0, 0.05) is 11.4 Å². The number of hydrogen-bond acceptors (Lipinski definition) is 3. The van der Waals surface area contributed by atoms with E-state index in [0.29, 0.717) is 16.5 Å². The van der Waals surface area contributed by atoms with Gasteiger partial charge in [0.1, 0.15) is 11.3 Å². The molecule has 0 aromatic heterocycles. The van der Waals surface area contributed by atoms with Gasteiger partial charge in [-0.2, -0.15) is 0 Å². The van der Waals surface area contributed by atoms with Crippen LogP contribution in [0.3, 0.4) is 0 Å². The maximum atomic E-state index is 13.0. The molecule has 0 radical (unpaired) electrons. The molecule has 1 amide bonds. The smallest absolute Gasteiger partial charge is 0.259 e. The summed E-state index contributed by atoms with van der Waals surface area (Å²) in [5.41, 5.74) is 1.87. The van der Waals surface area contributed by atoms with Crippen molar-refractivity contribution in [1.82, 2.24) is 0 Å². The fourth-order valence-corrected chi connectivity index (χ4v) is 3.48. The van der Waals surface area contributed by atoms with E-state index >= 15 is 0 Å². The third kappa shape index (κ3) is 2.63. The molecule has 0 bridgehead atoms. The Morgan fingerprint density at radius 2 is 1.72 bits per heavy atom. The number of aromatic hydroxyl groups is 1. The van der Waals surface area contributed by atoms with E-state index in [1.807, 2.05) is 20.8 Å². The van der Waals surface area contributed by atoms with Gasteiger partial charge in [0.2, 0.25) is 0 Å². The summed E-state index contributed by atoms with van der Waals surface area (Å²) in [6, 6.07) is 11.8. The molecule has 0 spiro atoms. The Bertz CT molecular complexity index is 913. The van der Waals surface area contributed by atoms with Gasteiger partial charge >= 0.3 is 0 Å². The molecule has 1 saturated heterocycles. The first-order valence-electron chi connectivity index (χ1n) is 7.73. The minimum atomic E-state index is -0.861. The lowest BCUT2D eigenvalue weighted by Gasteiger charge is -2.29. The zero-order chi connectivity index (χ0) is 18.4. The predicted molar refractivity (Wildman–Crippen MR) is 102 cm³/mol. The topological polar surface area (TPSA) is 48.1 Å². The highest BCUT2D eigenvalue weighted by Crippen LogP contribution is 2.37. The van der Waals surface area contributed by atoms with Crippen molar-refractivity contribution in [3.05, 3.63) is 59.4 Å². The van der Waals surface area contributed by atoms with E-state index in [-0.39, 0.29) is 11.7 Å². The van der Waals surface area contributed by atoms with E-state index in [2.05, 4.69) is 4.85 Å². The van der Waals surface area contributed by atoms with Crippen LogP contribution in [0, 0.1) is 13.5 Å². The van der Waals surface area contributed by atoms with Gasteiger partial charge in [0.05, 0.1) is 6.57 Å². The van der Waals surface area contributed by atoms with E-state index in [4.69, 9.17) is 18.8 Å². The van der Waals surface area contributed by atoms with Crippen molar-refractivity contribution in [2.75, 3.05) is 9.80 Å². The Labute approximate surface area is 151 Å². The second-order valence-electron chi connectivity index (χ2n) is 6.42. The second-order valence-corrected chi connectivity index (χ2v) is 6.78. The average molecular weight is 351 g/mol. The van der Waals surface area contributed by atoms with E-state index in [1.54, 1.807) is 47.4 Å². The van der Waals surface area contributed by atoms with Gasteiger partial charge in [-0.1, -0.05) is 6.07 Å². The molecule has 0 unspecified atom stereocenters. The van der Waals surface area contributed by atoms with Crippen molar-refractivity contribution < 1.29 is 9.90 Å². The van der Waals surface area contributed by atoms with Crippen LogP contribution in [0.2, 0.25) is 0 Å². The van der Waals surface area contributed by atoms with Crippen LogP contribution in [0.5, 0.6) is 5.75 Å². The van der Waals surface area contributed by atoms with Crippen LogP contribution in [0.4, 0.5) is 17.1 Å². The highest BCUT2D eigenvalue weighted by Gasteiger charge is 2.50. The maximum Gasteiger partial charge on any atom is 0.259 e. The molecule has 0 saturated carbocycles. The van der Waals surface area contributed by atoms with Crippen LogP contribution < -0.4 is 9.80 Å². The summed E-state index contributed by atoms with van der Waals surface area (Å²) in [5, 5.41) is 9.88. The zero-order valence-corrected chi connectivity index (χ0v) is 15.0. The Hall–Kier alpha value is -2.91. The van der Waals surface area contributed by atoms with Gasteiger partial charge in [0.15, 0.2) is 10.8 Å². The number of nitrogens with zero attached hydrogens (tertiary/aromatic N) is 3. The quantitative estimate of drug-likeness (QED) is 0.652. The Morgan fingerprint density at radius 3 is 2.28 bits per heavy atom. The standard InChI is InChI=1S/C19H17N3O2S/c1-12-11-14(7-10-16(12)20-4)21-17(24)19(2,3)22(18(21)25)13-5-8-15(23)9-6-13/h5-11,23H,1-3H3. The number of phenols is 1. The van der Waals surface area contributed by atoms with E-state index < -0.39 is 5.54 Å². The summed E-state index contributed by atoms with van der Waals surface area (Å²) in [6.45, 7) is 12.6. The fourth-order valence-electron chi connectivity index (χ4n) is 2.96. The van der Waals surface area contributed by atoms with Crippen LogP contribution in [-0.4, -0.2) is 21.7 Å². The molecule has 1 aliphatic rings. The molecule has 1 heterocycles. The van der Waals surface area contributed by atoms with Gasteiger partial charge in [-0.15, -0.1) is 0 Å². The molecule has 1 aliphatic heterocycles. The number of anilines is 2. The van der Waals surface area contributed by atoms with E-state index in [9.17, 15) is 9.90 Å². The predicted octanol–water partition coefficient (Wildman–Crippen LogP) is 4.17. The summed E-state index contributed by atoms with van der Waals surface area (Å²) >= 11 is 5.60. The molecule has 2 aromatic rings. The average Bonchev–Trinajstić information content (AvgIpc) is 2.74. The summed E-state index contributed by atoms with van der Waals surface area (Å²) in [4.78, 5) is 19.8. The summed E-state index contributed by atoms with van der Waals surface area (Å²) < 4.78 is 0. The summed E-state index contributed by atoms with van der Waals surface area (Å²) in [5.74, 6) is 0.0146. The van der Waals surface area contributed by atoms with Crippen molar-refractivity contribution in [2.24, 2.45) is 0 Å². The number of amides is 1. The van der Waals surface area contributed by atoms with Gasteiger partial charge < -0.3 is 10.0 Å². The minimum Gasteiger partial charge on any atom is -0.508 e. The molecular formula is C19H17N3O2S. The first-order valence-corrected chi connectivity index (χ1v) is 8.14. The number of thiocarbonyl (C=S) groups is 1. The van der Waals surface area contributed by atoms with Gasteiger partial charge in [-0.3, -0.25) is 9.69 Å². The Morgan fingerprint density at radius 1 is 1.12 bits per heavy atom. The van der Waals surface area contributed by atoms with Crippen LogP contribution in [0.15, 0.2) is 42.5 Å². The highest BCUT2D eigenvalue weighted by molar-refractivity contribution is 7.81. The van der Waals surface area contributed by atoms with Crippen molar-refractivity contribution in [2.45, 2.75) is 26.3 Å². The number of carbonyl (C=O) groups is 1. The van der Waals surface area contributed by atoms with E-state index in [0.717, 1.165) is 11.3 Å². The lowest BCUT2D eigenvalue weighted by atomic mass is 10.0. The molecular weight excluding hydrogens is 334 g/mol. The number of rotatable bonds is 2. The number of phenolic OH excluding ortho intramolecular Hbond substituents is 1. The molecule has 3 rings (SSSR count). The molecule has 2 aromatic carbocycles. The highest BCUT2D eigenvalue weighted by atomic mass is 32.1. The monoisotopic (exact) mass is 351 g/mol. The minimum absolute atomic E-state index is 0.138. The summed E-state index contributed by atoms with van der Waals surface area (Å²) in [7, 11) is 0. The van der Waals surface area contributed by atoms with Crippen LogP contribution in [0.1, 0.15) is 19.4 Å². The molecule has 0 aliphatic carbocycles. The van der Waals surface area contributed by atoms with E-state index in [1.165, 1.54) is 4.90 Å². The molecule has 1 fully saturated rings. The van der Waals surface area contributed by atoms with Crippen LogP contribution in [0.25, 0.3) is 4.85 Å². The molecule has 5 nitrogen and oxygen atoms in total. The van der Waals surface area contributed by atoms with Crippen molar-refractivity contribution in [3.8, 4) is 5.75 Å². The molecule has 1 N–H and O–H groups in total. The number of carbonyl (C=O) groups excluding carboxylic acids is 1. The molecule has 25 heavy (non-hydrogen) atoms. The van der Waals surface area contributed by atoms with Gasteiger partial charge in [-0.05, 0) is 75.0 Å². The van der Waals surface area contributed by atoms with Gasteiger partial charge in [0.25, 0.3) is 5.91 Å². The second kappa shape index (κ2) is 5.87. The van der Waals surface area contributed by atoms with Crippen LogP contribution in [-0.2, 0) is 4.79 Å². The van der Waals surface area contributed by atoms with Gasteiger partial charge in [-0.25, -0.2) is 4.85 Å².